The van der Waals surface area contributed by atoms with Gasteiger partial charge in [-0.3, -0.25) is 0 Å². The number of aromatic nitrogens is 3. The van der Waals surface area contributed by atoms with Gasteiger partial charge in [0.15, 0.2) is 0 Å². The number of nitrogens with zero attached hydrogens (tertiary/aromatic N) is 3. The zero-order chi connectivity index (χ0) is 9.97. The molecule has 1 N–H and O–H groups in total. The number of hydrogen-bond donors (Lipinski definition) is 1. The quantitative estimate of drug-likeness (QED) is 0.821. The maximum absolute atomic E-state index is 6.03. The predicted octanol–water partition coefficient (Wildman–Crippen LogP) is 1.96. The molecular weight excluding hydrogens is 200 g/mol. The van der Waals surface area contributed by atoms with Crippen LogP contribution in [-0.2, 0) is 0 Å². The molecule has 0 aliphatic heterocycles. The molecule has 0 bridgehead atoms. The first-order valence-electron chi connectivity index (χ1n) is 4.15. The van der Waals surface area contributed by atoms with Gasteiger partial charge in [0.1, 0.15) is 6.33 Å². The summed E-state index contributed by atoms with van der Waals surface area (Å²) in [5.74, 6) is 0.665. The third-order valence-electron chi connectivity index (χ3n) is 1.85. The minimum atomic E-state index is 0.648. The van der Waals surface area contributed by atoms with Gasteiger partial charge in [-0.05, 0) is 12.1 Å². The van der Waals surface area contributed by atoms with Gasteiger partial charge in [-0.1, -0.05) is 23.7 Å². The van der Waals surface area contributed by atoms with E-state index in [1.807, 2.05) is 24.3 Å². The highest BCUT2D eigenvalue weighted by Crippen LogP contribution is 2.20. The summed E-state index contributed by atoms with van der Waals surface area (Å²) in [7, 11) is 1.79. The molecule has 0 saturated heterocycles. The second kappa shape index (κ2) is 3.67. The van der Waals surface area contributed by atoms with Crippen LogP contribution < -0.4 is 5.32 Å². The summed E-state index contributed by atoms with van der Waals surface area (Å²) in [6.07, 6.45) is 1.48. The van der Waals surface area contributed by atoms with Crippen LogP contribution in [0.15, 0.2) is 30.6 Å². The molecule has 2 aromatic rings. The molecule has 2 rings (SSSR count). The van der Waals surface area contributed by atoms with E-state index in [4.69, 9.17) is 11.6 Å². The van der Waals surface area contributed by atoms with Crippen LogP contribution in [0.25, 0.3) is 5.69 Å². The van der Waals surface area contributed by atoms with E-state index in [1.54, 1.807) is 11.7 Å². The van der Waals surface area contributed by atoms with Crippen LogP contribution in [0.1, 0.15) is 0 Å². The van der Waals surface area contributed by atoms with E-state index in [9.17, 15) is 0 Å². The van der Waals surface area contributed by atoms with E-state index in [0.29, 0.717) is 11.0 Å². The highest BCUT2D eigenvalue weighted by Gasteiger charge is 2.06. The normalized spacial score (nSPS) is 10.1. The minimum absolute atomic E-state index is 0.648. The maximum Gasteiger partial charge on any atom is 0.225 e. The van der Waals surface area contributed by atoms with Gasteiger partial charge in [0, 0.05) is 7.05 Å². The molecule has 0 saturated carbocycles. The van der Waals surface area contributed by atoms with Crippen molar-refractivity contribution in [3.63, 3.8) is 0 Å². The number of benzene rings is 1. The largest absolute Gasteiger partial charge is 0.357 e. The maximum atomic E-state index is 6.03. The molecule has 0 fully saturated rings. The van der Waals surface area contributed by atoms with Crippen molar-refractivity contribution >= 4 is 17.5 Å². The second-order valence-corrected chi connectivity index (χ2v) is 3.10. The average molecular weight is 209 g/mol. The van der Waals surface area contributed by atoms with Gasteiger partial charge in [0.25, 0.3) is 0 Å². The van der Waals surface area contributed by atoms with E-state index < -0.39 is 0 Å². The summed E-state index contributed by atoms with van der Waals surface area (Å²) < 4.78 is 1.66. The predicted molar refractivity (Wildman–Crippen MR) is 55.9 cm³/mol. The summed E-state index contributed by atoms with van der Waals surface area (Å²) in [5.41, 5.74) is 0.816. The van der Waals surface area contributed by atoms with Gasteiger partial charge in [-0.2, -0.15) is 14.8 Å². The Labute approximate surface area is 86.5 Å². The SMILES string of the molecule is CNc1ncnn1-c1ccccc1Cl. The van der Waals surface area contributed by atoms with Crippen molar-refractivity contribution in [1.82, 2.24) is 14.8 Å². The first kappa shape index (κ1) is 9.02. The summed E-state index contributed by atoms with van der Waals surface area (Å²) >= 11 is 6.03. The summed E-state index contributed by atoms with van der Waals surface area (Å²) in [4.78, 5) is 4.03. The number of hydrogen-bond acceptors (Lipinski definition) is 3. The Bertz CT molecular complexity index is 438. The number of halogens is 1. The van der Waals surface area contributed by atoms with Crippen molar-refractivity contribution in [2.75, 3.05) is 12.4 Å². The molecule has 0 radical (unpaired) electrons. The van der Waals surface area contributed by atoms with E-state index in [1.165, 1.54) is 6.33 Å². The number of nitrogens with one attached hydrogen (secondary N) is 1. The molecule has 14 heavy (non-hydrogen) atoms. The van der Waals surface area contributed by atoms with Crippen molar-refractivity contribution in [2.24, 2.45) is 0 Å². The van der Waals surface area contributed by atoms with E-state index >= 15 is 0 Å². The number of anilines is 1. The Kier molecular flexibility index (Phi) is 2.37. The standard InChI is InChI=1S/C9H9ClN4/c1-11-9-12-6-13-14(9)8-5-3-2-4-7(8)10/h2-6H,1H3,(H,11,12,13). The lowest BCUT2D eigenvalue weighted by Gasteiger charge is -2.06. The smallest absolute Gasteiger partial charge is 0.225 e. The molecule has 0 atom stereocenters. The van der Waals surface area contributed by atoms with Crippen LogP contribution in [0.5, 0.6) is 0 Å². The second-order valence-electron chi connectivity index (χ2n) is 2.70. The lowest BCUT2D eigenvalue weighted by molar-refractivity contribution is 0.884. The molecule has 4 nitrogen and oxygen atoms in total. The van der Waals surface area contributed by atoms with Crippen LogP contribution >= 0.6 is 11.6 Å². The molecule has 0 unspecified atom stereocenters. The summed E-state index contributed by atoms with van der Waals surface area (Å²) in [6, 6.07) is 7.49. The zero-order valence-electron chi connectivity index (χ0n) is 7.61. The van der Waals surface area contributed by atoms with Crippen molar-refractivity contribution in [2.45, 2.75) is 0 Å². The van der Waals surface area contributed by atoms with Crippen molar-refractivity contribution < 1.29 is 0 Å². The van der Waals surface area contributed by atoms with Crippen LogP contribution in [0.2, 0.25) is 5.02 Å². The van der Waals surface area contributed by atoms with Crippen LogP contribution in [0.4, 0.5) is 5.95 Å². The Balaban J connectivity index is 2.54. The van der Waals surface area contributed by atoms with Gasteiger partial charge >= 0.3 is 0 Å². The van der Waals surface area contributed by atoms with Crippen LogP contribution in [0, 0.1) is 0 Å². The average Bonchev–Trinajstić information content (AvgIpc) is 2.66. The monoisotopic (exact) mass is 208 g/mol. The molecular formula is C9H9ClN4. The molecule has 0 aliphatic carbocycles. The fourth-order valence-electron chi connectivity index (χ4n) is 1.21. The molecule has 1 aromatic carbocycles. The van der Waals surface area contributed by atoms with Crippen molar-refractivity contribution in [1.29, 1.82) is 0 Å². The van der Waals surface area contributed by atoms with E-state index in [-0.39, 0.29) is 0 Å². The molecule has 0 amide bonds. The van der Waals surface area contributed by atoms with Gasteiger partial charge < -0.3 is 5.32 Å². The molecule has 1 heterocycles. The topological polar surface area (TPSA) is 42.7 Å². The van der Waals surface area contributed by atoms with Crippen LogP contribution in [0.3, 0.4) is 0 Å². The lowest BCUT2D eigenvalue weighted by atomic mass is 10.3. The molecule has 5 heteroatoms. The highest BCUT2D eigenvalue weighted by atomic mass is 35.5. The first-order chi connectivity index (χ1) is 6.83. The first-order valence-corrected chi connectivity index (χ1v) is 4.53. The minimum Gasteiger partial charge on any atom is -0.357 e. The zero-order valence-corrected chi connectivity index (χ0v) is 8.36. The summed E-state index contributed by atoms with van der Waals surface area (Å²) in [6.45, 7) is 0. The van der Waals surface area contributed by atoms with Gasteiger partial charge in [-0.25, -0.2) is 0 Å². The number of para-hydroxylation sites is 1. The van der Waals surface area contributed by atoms with E-state index in [0.717, 1.165) is 5.69 Å². The Morgan fingerprint density at radius 2 is 2.14 bits per heavy atom. The highest BCUT2D eigenvalue weighted by molar-refractivity contribution is 6.32. The Morgan fingerprint density at radius 1 is 1.36 bits per heavy atom. The van der Waals surface area contributed by atoms with Crippen molar-refractivity contribution in [3.05, 3.63) is 35.6 Å². The fourth-order valence-corrected chi connectivity index (χ4v) is 1.43. The fraction of sp³-hybridized carbons (Fsp3) is 0.111. The van der Waals surface area contributed by atoms with E-state index in [2.05, 4.69) is 15.4 Å². The van der Waals surface area contributed by atoms with Crippen molar-refractivity contribution in [3.8, 4) is 5.69 Å². The van der Waals surface area contributed by atoms with Gasteiger partial charge in [-0.15, -0.1) is 0 Å². The lowest BCUT2D eigenvalue weighted by Crippen LogP contribution is -2.03. The third-order valence-corrected chi connectivity index (χ3v) is 2.17. The molecule has 0 spiro atoms. The van der Waals surface area contributed by atoms with Crippen LogP contribution in [-0.4, -0.2) is 21.8 Å². The molecule has 1 aromatic heterocycles. The molecule has 72 valence electrons. The van der Waals surface area contributed by atoms with Gasteiger partial charge in [0.2, 0.25) is 5.95 Å². The van der Waals surface area contributed by atoms with Gasteiger partial charge in [0.05, 0.1) is 10.7 Å². The third kappa shape index (κ3) is 1.44. The number of rotatable bonds is 2. The Morgan fingerprint density at radius 3 is 2.86 bits per heavy atom. The summed E-state index contributed by atoms with van der Waals surface area (Å²) in [5, 5.41) is 7.66. The molecule has 0 aliphatic rings. The Hall–Kier alpha value is -1.55.